The lowest BCUT2D eigenvalue weighted by Gasteiger charge is -2.08. The molecule has 1 N–H and O–H groups in total. The minimum atomic E-state index is 0.676. The number of nitrogens with one attached hydrogen (secondary N) is 1. The lowest BCUT2D eigenvalue weighted by atomic mass is 10.2. The molecule has 102 valence electrons. The van der Waals surface area contributed by atoms with Crippen LogP contribution in [-0.4, -0.2) is 21.3 Å². The topological polar surface area (TPSA) is 42.7 Å². The van der Waals surface area contributed by atoms with E-state index in [0.29, 0.717) is 5.92 Å². The van der Waals surface area contributed by atoms with Gasteiger partial charge in [-0.1, -0.05) is 19.9 Å². The number of aromatic nitrogens is 3. The van der Waals surface area contributed by atoms with Crippen molar-refractivity contribution in [2.45, 2.75) is 33.9 Å². The Bertz CT molecular complexity index is 499. The van der Waals surface area contributed by atoms with Gasteiger partial charge < -0.3 is 5.32 Å². The molecule has 0 aliphatic carbocycles. The standard InChI is InChI=1S/C15H22N4/c1-12(2)8-16-9-14-4-5-15(17-10-14)11-19-13(3)6-7-18-19/h4-7,10,12,16H,8-9,11H2,1-3H3. The summed E-state index contributed by atoms with van der Waals surface area (Å²) in [5.41, 5.74) is 3.42. The van der Waals surface area contributed by atoms with Crippen LogP contribution in [0, 0.1) is 12.8 Å². The Kier molecular flexibility index (Phi) is 4.68. The molecule has 0 spiro atoms. The van der Waals surface area contributed by atoms with E-state index in [-0.39, 0.29) is 0 Å². The fourth-order valence-electron chi connectivity index (χ4n) is 1.88. The Morgan fingerprint density at radius 3 is 2.68 bits per heavy atom. The molecule has 0 saturated carbocycles. The number of hydrogen-bond acceptors (Lipinski definition) is 3. The molecule has 4 nitrogen and oxygen atoms in total. The van der Waals surface area contributed by atoms with Crippen LogP contribution in [0.1, 0.15) is 30.8 Å². The third-order valence-corrected chi connectivity index (χ3v) is 3.01. The number of nitrogens with zero attached hydrogens (tertiary/aromatic N) is 3. The summed E-state index contributed by atoms with van der Waals surface area (Å²) in [5.74, 6) is 0.676. The largest absolute Gasteiger partial charge is 0.312 e. The van der Waals surface area contributed by atoms with Gasteiger partial charge in [-0.05, 0) is 37.1 Å². The minimum absolute atomic E-state index is 0.676. The van der Waals surface area contributed by atoms with Crippen molar-refractivity contribution in [3.8, 4) is 0 Å². The van der Waals surface area contributed by atoms with Crippen molar-refractivity contribution in [1.29, 1.82) is 0 Å². The molecule has 0 saturated heterocycles. The maximum Gasteiger partial charge on any atom is 0.0834 e. The Balaban J connectivity index is 1.89. The van der Waals surface area contributed by atoms with Crippen molar-refractivity contribution >= 4 is 0 Å². The van der Waals surface area contributed by atoms with E-state index in [2.05, 4.69) is 48.3 Å². The molecule has 0 unspecified atom stereocenters. The van der Waals surface area contributed by atoms with Crippen molar-refractivity contribution in [3.63, 3.8) is 0 Å². The monoisotopic (exact) mass is 258 g/mol. The van der Waals surface area contributed by atoms with Gasteiger partial charge in [0.25, 0.3) is 0 Å². The Morgan fingerprint density at radius 2 is 2.11 bits per heavy atom. The molecular formula is C15H22N4. The minimum Gasteiger partial charge on any atom is -0.312 e. The zero-order valence-electron chi connectivity index (χ0n) is 11.9. The van der Waals surface area contributed by atoms with Crippen molar-refractivity contribution in [2.75, 3.05) is 6.54 Å². The van der Waals surface area contributed by atoms with Gasteiger partial charge in [-0.2, -0.15) is 5.10 Å². The van der Waals surface area contributed by atoms with E-state index < -0.39 is 0 Å². The van der Waals surface area contributed by atoms with Crippen LogP contribution in [0.2, 0.25) is 0 Å². The zero-order valence-corrected chi connectivity index (χ0v) is 11.9. The van der Waals surface area contributed by atoms with E-state index in [1.54, 1.807) is 0 Å². The van der Waals surface area contributed by atoms with Gasteiger partial charge in [0, 0.05) is 24.6 Å². The van der Waals surface area contributed by atoms with Crippen LogP contribution in [0.3, 0.4) is 0 Å². The van der Waals surface area contributed by atoms with Gasteiger partial charge in [0.15, 0.2) is 0 Å². The van der Waals surface area contributed by atoms with Crippen LogP contribution in [0.15, 0.2) is 30.6 Å². The average molecular weight is 258 g/mol. The van der Waals surface area contributed by atoms with Gasteiger partial charge in [-0.25, -0.2) is 0 Å². The fraction of sp³-hybridized carbons (Fsp3) is 0.467. The molecule has 2 aromatic rings. The molecule has 2 aromatic heterocycles. The fourth-order valence-corrected chi connectivity index (χ4v) is 1.88. The van der Waals surface area contributed by atoms with Gasteiger partial charge in [-0.3, -0.25) is 9.67 Å². The number of aryl methyl sites for hydroxylation is 1. The quantitative estimate of drug-likeness (QED) is 0.865. The highest BCUT2D eigenvalue weighted by atomic mass is 15.3. The molecule has 19 heavy (non-hydrogen) atoms. The third kappa shape index (κ3) is 4.17. The van der Waals surface area contributed by atoms with Gasteiger partial charge in [0.05, 0.1) is 12.2 Å². The summed E-state index contributed by atoms with van der Waals surface area (Å²) in [5, 5.41) is 7.68. The molecule has 0 aliphatic rings. The van der Waals surface area contributed by atoms with Crippen LogP contribution in [0.25, 0.3) is 0 Å². The summed E-state index contributed by atoms with van der Waals surface area (Å²) in [6.07, 6.45) is 3.76. The molecule has 0 fully saturated rings. The van der Waals surface area contributed by atoms with Gasteiger partial charge in [0.1, 0.15) is 0 Å². The van der Waals surface area contributed by atoms with E-state index >= 15 is 0 Å². The maximum absolute atomic E-state index is 4.49. The van der Waals surface area contributed by atoms with Gasteiger partial charge in [-0.15, -0.1) is 0 Å². The number of rotatable bonds is 6. The molecule has 0 aromatic carbocycles. The average Bonchev–Trinajstić information content (AvgIpc) is 2.77. The molecule has 0 aliphatic heterocycles. The molecular weight excluding hydrogens is 236 g/mol. The first kappa shape index (κ1) is 13.7. The van der Waals surface area contributed by atoms with E-state index in [1.807, 2.05) is 23.1 Å². The van der Waals surface area contributed by atoms with Gasteiger partial charge in [0.2, 0.25) is 0 Å². The summed E-state index contributed by atoms with van der Waals surface area (Å²) >= 11 is 0. The van der Waals surface area contributed by atoms with E-state index in [0.717, 1.165) is 31.0 Å². The number of hydrogen-bond donors (Lipinski definition) is 1. The van der Waals surface area contributed by atoms with Crippen molar-refractivity contribution in [1.82, 2.24) is 20.1 Å². The normalized spacial score (nSPS) is 11.2. The highest BCUT2D eigenvalue weighted by Crippen LogP contribution is 2.04. The Morgan fingerprint density at radius 1 is 1.26 bits per heavy atom. The van der Waals surface area contributed by atoms with Gasteiger partial charge >= 0.3 is 0 Å². The van der Waals surface area contributed by atoms with E-state index in [9.17, 15) is 0 Å². The predicted molar refractivity (Wildman–Crippen MR) is 76.8 cm³/mol. The summed E-state index contributed by atoms with van der Waals surface area (Å²) in [7, 11) is 0. The second-order valence-electron chi connectivity index (χ2n) is 5.31. The van der Waals surface area contributed by atoms with Crippen LogP contribution in [-0.2, 0) is 13.1 Å². The van der Waals surface area contributed by atoms with Crippen molar-refractivity contribution in [2.24, 2.45) is 5.92 Å². The van der Waals surface area contributed by atoms with E-state index in [4.69, 9.17) is 0 Å². The molecule has 0 atom stereocenters. The summed E-state index contributed by atoms with van der Waals surface area (Å²) in [6.45, 7) is 9.12. The SMILES string of the molecule is Cc1ccnn1Cc1ccc(CNCC(C)C)cn1. The van der Waals surface area contributed by atoms with Crippen LogP contribution in [0.4, 0.5) is 0 Å². The highest BCUT2D eigenvalue weighted by molar-refractivity contribution is 5.14. The van der Waals surface area contributed by atoms with Crippen LogP contribution < -0.4 is 5.32 Å². The predicted octanol–water partition coefficient (Wildman–Crippen LogP) is 2.38. The van der Waals surface area contributed by atoms with Crippen LogP contribution in [0.5, 0.6) is 0 Å². The lowest BCUT2D eigenvalue weighted by Crippen LogP contribution is -2.19. The second kappa shape index (κ2) is 6.48. The summed E-state index contributed by atoms with van der Waals surface area (Å²) in [4.78, 5) is 4.49. The molecule has 0 bridgehead atoms. The first-order chi connectivity index (χ1) is 9.15. The maximum atomic E-state index is 4.49. The molecule has 2 heterocycles. The first-order valence-electron chi connectivity index (χ1n) is 6.78. The molecule has 2 rings (SSSR count). The summed E-state index contributed by atoms with van der Waals surface area (Å²) in [6, 6.07) is 6.21. The third-order valence-electron chi connectivity index (χ3n) is 3.01. The highest BCUT2D eigenvalue weighted by Gasteiger charge is 2.01. The first-order valence-corrected chi connectivity index (χ1v) is 6.78. The van der Waals surface area contributed by atoms with Crippen molar-refractivity contribution < 1.29 is 0 Å². The van der Waals surface area contributed by atoms with E-state index in [1.165, 1.54) is 5.56 Å². The zero-order chi connectivity index (χ0) is 13.7. The van der Waals surface area contributed by atoms with Crippen LogP contribution >= 0.6 is 0 Å². The molecule has 0 amide bonds. The summed E-state index contributed by atoms with van der Waals surface area (Å²) < 4.78 is 1.96. The second-order valence-corrected chi connectivity index (χ2v) is 5.31. The van der Waals surface area contributed by atoms with Crippen molar-refractivity contribution in [3.05, 3.63) is 47.5 Å². The number of pyridine rings is 1. The Hall–Kier alpha value is -1.68. The smallest absolute Gasteiger partial charge is 0.0834 e. The Labute approximate surface area is 114 Å². The molecule has 4 heteroatoms. The lowest BCUT2D eigenvalue weighted by molar-refractivity contribution is 0.551. The molecule has 0 radical (unpaired) electrons.